The summed E-state index contributed by atoms with van der Waals surface area (Å²) in [5.41, 5.74) is 2.55. The van der Waals surface area contributed by atoms with Gasteiger partial charge >= 0.3 is 0 Å². The number of allylic oxidation sites excluding steroid dienone is 1. The van der Waals surface area contributed by atoms with Gasteiger partial charge in [0.2, 0.25) is 6.58 Å². The minimum Gasteiger partial charge on any atom is -0.320 e. The summed E-state index contributed by atoms with van der Waals surface area (Å²) in [7, 11) is 0. The van der Waals surface area contributed by atoms with Crippen molar-refractivity contribution in [3.63, 3.8) is 0 Å². The Morgan fingerprint density at radius 2 is 2.28 bits per heavy atom. The monoisotopic (exact) mass is 249 g/mol. The Morgan fingerprint density at radius 1 is 1.56 bits per heavy atom. The Balaban J connectivity index is 2.53. The molecule has 0 aliphatic carbocycles. The van der Waals surface area contributed by atoms with Crippen LogP contribution in [0.15, 0.2) is 23.9 Å². The minimum absolute atomic E-state index is 0.409. The highest BCUT2D eigenvalue weighted by atomic mass is 19.3. The highest BCUT2D eigenvalue weighted by molar-refractivity contribution is 5.80. The second-order valence-electron chi connectivity index (χ2n) is 4.42. The van der Waals surface area contributed by atoms with E-state index in [1.165, 1.54) is 6.21 Å². The molecule has 1 N–H and O–H groups in total. The van der Waals surface area contributed by atoms with Gasteiger partial charge in [0.05, 0.1) is 0 Å². The molecule has 0 bridgehead atoms. The van der Waals surface area contributed by atoms with E-state index in [1.807, 2.05) is 0 Å². The van der Waals surface area contributed by atoms with Crippen LogP contribution in [0.1, 0.15) is 29.7 Å². The molecule has 18 heavy (non-hydrogen) atoms. The van der Waals surface area contributed by atoms with Crippen LogP contribution >= 0.6 is 0 Å². The van der Waals surface area contributed by atoms with Gasteiger partial charge in [0.25, 0.3) is 12.1 Å². The molecule has 1 aliphatic heterocycles. The molecule has 0 radical (unpaired) electrons. The molecule has 0 spiro atoms. The fraction of sp³-hybridized carbons (Fsp3) is 0.357. The number of rotatable bonds is 3. The van der Waals surface area contributed by atoms with Gasteiger partial charge in [-0.15, -0.1) is 0 Å². The quantitative estimate of drug-likeness (QED) is 0.646. The van der Waals surface area contributed by atoms with Crippen molar-refractivity contribution < 1.29 is 8.78 Å². The van der Waals surface area contributed by atoms with Crippen LogP contribution in [-0.2, 0) is 6.42 Å². The minimum atomic E-state index is -2.50. The van der Waals surface area contributed by atoms with Crippen molar-refractivity contribution in [2.45, 2.75) is 25.8 Å². The van der Waals surface area contributed by atoms with Gasteiger partial charge in [-0.1, -0.05) is 18.2 Å². The van der Waals surface area contributed by atoms with Crippen LogP contribution in [0.4, 0.5) is 8.78 Å². The van der Waals surface area contributed by atoms with Crippen molar-refractivity contribution in [1.82, 2.24) is 4.90 Å². The topological polar surface area (TPSA) is 27.1 Å². The van der Waals surface area contributed by atoms with Crippen LogP contribution in [0.5, 0.6) is 0 Å². The van der Waals surface area contributed by atoms with Gasteiger partial charge in [-0.2, -0.15) is 0 Å². The molecule has 1 unspecified atom stereocenters. The Labute approximate surface area is 105 Å². The molecule has 1 aromatic carbocycles. The fourth-order valence-corrected chi connectivity index (χ4v) is 2.53. The number of hydrogen-bond donors (Lipinski definition) is 1. The molecule has 0 saturated carbocycles. The molecule has 1 aromatic rings. The molecule has 0 amide bonds. The zero-order valence-corrected chi connectivity index (χ0v) is 10.2. The van der Waals surface area contributed by atoms with Gasteiger partial charge in [-0.3, -0.25) is 0 Å². The van der Waals surface area contributed by atoms with Crippen molar-refractivity contribution in [2.24, 2.45) is 0 Å². The van der Waals surface area contributed by atoms with Gasteiger partial charge in [-0.05, 0) is 23.1 Å². The maximum Gasteiger partial charge on any atom is 0.262 e. The molecular formula is C14H15F2N2+. The smallest absolute Gasteiger partial charge is 0.262 e. The Bertz CT molecular complexity index is 483. The Hall–Kier alpha value is -1.80. The molecule has 2 rings (SSSR count). The molecule has 1 heterocycles. The first-order valence-electron chi connectivity index (χ1n) is 5.82. The third-order valence-corrected chi connectivity index (χ3v) is 3.35. The van der Waals surface area contributed by atoms with Crippen LogP contribution in [0.3, 0.4) is 0 Å². The van der Waals surface area contributed by atoms with E-state index >= 15 is 0 Å². The van der Waals surface area contributed by atoms with Gasteiger partial charge in [0.15, 0.2) is 0 Å². The SMILES string of the molecule is [CH+]=C(C)N1CCc2c(C=N)cccc2C1C(F)F. The number of nitrogens with zero attached hydrogens (tertiary/aromatic N) is 1. The average molecular weight is 249 g/mol. The standard InChI is InChI=1S/C14H15F2N2/c1-9(2)18-7-6-11-10(8-17)4-3-5-12(11)13(18)14(15)16/h1,3-5,8,13-14,17H,6-7H2,2H3/q+1. The van der Waals surface area contributed by atoms with Crippen LogP contribution in [0, 0.1) is 12.0 Å². The average Bonchev–Trinajstić information content (AvgIpc) is 2.35. The van der Waals surface area contributed by atoms with Crippen molar-refractivity contribution in [3.05, 3.63) is 47.2 Å². The molecule has 0 aromatic heterocycles. The lowest BCUT2D eigenvalue weighted by Crippen LogP contribution is -2.38. The van der Waals surface area contributed by atoms with E-state index in [9.17, 15) is 8.78 Å². The normalized spacial score (nSPS) is 18.6. The zero-order valence-electron chi connectivity index (χ0n) is 10.2. The molecule has 2 nitrogen and oxygen atoms in total. The zero-order chi connectivity index (χ0) is 13.3. The van der Waals surface area contributed by atoms with E-state index in [-0.39, 0.29) is 0 Å². The first-order chi connectivity index (χ1) is 8.56. The first-order valence-corrected chi connectivity index (χ1v) is 5.82. The van der Waals surface area contributed by atoms with E-state index in [0.29, 0.717) is 29.8 Å². The highest BCUT2D eigenvalue weighted by Gasteiger charge is 2.36. The van der Waals surface area contributed by atoms with Crippen LogP contribution in [0.2, 0.25) is 0 Å². The Kier molecular flexibility index (Phi) is 3.39. The summed E-state index contributed by atoms with van der Waals surface area (Å²) < 4.78 is 26.6. The fourth-order valence-electron chi connectivity index (χ4n) is 2.53. The summed E-state index contributed by atoms with van der Waals surface area (Å²) in [6.07, 6.45) is -0.641. The second kappa shape index (κ2) is 4.83. The number of halogens is 2. The largest absolute Gasteiger partial charge is 0.320 e. The van der Waals surface area contributed by atoms with Crippen LogP contribution < -0.4 is 0 Å². The predicted molar refractivity (Wildman–Crippen MR) is 67.0 cm³/mol. The number of benzene rings is 1. The van der Waals surface area contributed by atoms with Crippen molar-refractivity contribution in [1.29, 1.82) is 5.41 Å². The van der Waals surface area contributed by atoms with Gasteiger partial charge in [-0.25, -0.2) is 8.78 Å². The number of hydrogen-bond acceptors (Lipinski definition) is 2. The number of nitrogens with one attached hydrogen (secondary N) is 1. The lowest BCUT2D eigenvalue weighted by atomic mass is 9.89. The second-order valence-corrected chi connectivity index (χ2v) is 4.42. The molecule has 1 atom stereocenters. The number of alkyl halides is 2. The summed E-state index contributed by atoms with van der Waals surface area (Å²) in [6.45, 7) is 7.79. The summed E-state index contributed by atoms with van der Waals surface area (Å²) in [6, 6.07) is 4.19. The lowest BCUT2D eigenvalue weighted by Gasteiger charge is -2.36. The maximum atomic E-state index is 13.3. The van der Waals surface area contributed by atoms with Crippen molar-refractivity contribution in [2.75, 3.05) is 6.54 Å². The Morgan fingerprint density at radius 3 is 2.83 bits per heavy atom. The first kappa shape index (κ1) is 12.7. The molecule has 0 fully saturated rings. The van der Waals surface area contributed by atoms with Gasteiger partial charge in [0, 0.05) is 19.7 Å². The predicted octanol–water partition coefficient (Wildman–Crippen LogP) is 3.19. The number of fused-ring (bicyclic) bond motifs is 1. The molecule has 0 saturated heterocycles. The molecule has 94 valence electrons. The third kappa shape index (κ3) is 2.00. The van der Waals surface area contributed by atoms with E-state index < -0.39 is 12.5 Å². The maximum absolute atomic E-state index is 13.3. The van der Waals surface area contributed by atoms with E-state index in [4.69, 9.17) is 12.0 Å². The molecule has 1 aliphatic rings. The van der Waals surface area contributed by atoms with E-state index in [2.05, 4.69) is 0 Å². The lowest BCUT2D eigenvalue weighted by molar-refractivity contribution is 0.0355. The molecule has 4 heteroatoms. The van der Waals surface area contributed by atoms with Gasteiger partial charge < -0.3 is 10.3 Å². The van der Waals surface area contributed by atoms with E-state index in [1.54, 1.807) is 30.0 Å². The highest BCUT2D eigenvalue weighted by Crippen LogP contribution is 2.37. The van der Waals surface area contributed by atoms with Crippen LogP contribution in [-0.4, -0.2) is 24.1 Å². The summed E-state index contributed by atoms with van der Waals surface area (Å²) >= 11 is 0. The van der Waals surface area contributed by atoms with Crippen molar-refractivity contribution in [3.8, 4) is 0 Å². The van der Waals surface area contributed by atoms with E-state index in [0.717, 1.165) is 5.56 Å². The van der Waals surface area contributed by atoms with Crippen molar-refractivity contribution >= 4 is 6.21 Å². The molecular weight excluding hydrogens is 234 g/mol. The summed E-state index contributed by atoms with van der Waals surface area (Å²) in [5.74, 6) is 0. The van der Waals surface area contributed by atoms with Gasteiger partial charge in [0.1, 0.15) is 6.04 Å². The summed E-state index contributed by atoms with van der Waals surface area (Å²) in [5, 5.41) is 7.34. The summed E-state index contributed by atoms with van der Waals surface area (Å²) in [4.78, 5) is 1.54. The third-order valence-electron chi connectivity index (χ3n) is 3.35. The van der Waals surface area contributed by atoms with Crippen LogP contribution in [0.25, 0.3) is 0 Å².